The molecule has 7 rings (SSSR count). The molecule has 4 heterocycles. The Bertz CT molecular complexity index is 1870. The van der Waals surface area contributed by atoms with Crippen molar-refractivity contribution in [1.29, 1.82) is 10.5 Å². The highest BCUT2D eigenvalue weighted by molar-refractivity contribution is 5.85. The number of H-pyrrole nitrogens is 2. The Kier molecular flexibility index (Phi) is 10.6. The number of benzene rings is 3. The van der Waals surface area contributed by atoms with Crippen LogP contribution in [0.3, 0.4) is 0 Å². The number of hydrogen-bond acceptors (Lipinski definition) is 7. The van der Waals surface area contributed by atoms with Gasteiger partial charge < -0.3 is 30.1 Å². The van der Waals surface area contributed by atoms with Gasteiger partial charge in [0.25, 0.3) is 0 Å². The Balaban J connectivity index is 0.000000203. The van der Waals surface area contributed by atoms with E-state index in [0.29, 0.717) is 24.3 Å². The number of ether oxygens (including phenoxy) is 2. The Labute approximate surface area is 276 Å². The summed E-state index contributed by atoms with van der Waals surface area (Å²) in [4.78, 5) is 11.5. The highest BCUT2D eigenvalue weighted by Gasteiger charge is 2.19. The van der Waals surface area contributed by atoms with E-state index in [1.54, 1.807) is 0 Å². The van der Waals surface area contributed by atoms with E-state index >= 15 is 0 Å². The second-order valence-electron chi connectivity index (χ2n) is 12.2. The summed E-state index contributed by atoms with van der Waals surface area (Å²) in [7, 11) is 0. The van der Waals surface area contributed by atoms with E-state index in [1.165, 1.54) is 40.4 Å². The molecule has 5 aromatic rings. The SMILES string of the molecule is N#Cc1ccc2c(CCCCN)c[nH]c2c1.N#Cc1ccc2c(CCCCN3CCN(c4ccc5c(c4)OCCO5)CC3)c[nH]c2c1. The zero-order valence-corrected chi connectivity index (χ0v) is 26.9. The van der Waals surface area contributed by atoms with Crippen molar-refractivity contribution in [3.05, 3.63) is 89.2 Å². The van der Waals surface area contributed by atoms with Crippen LogP contribution < -0.4 is 20.1 Å². The third-order valence-electron chi connectivity index (χ3n) is 9.13. The van der Waals surface area contributed by atoms with Crippen LogP contribution in [0.15, 0.2) is 67.0 Å². The van der Waals surface area contributed by atoms with Gasteiger partial charge >= 0.3 is 0 Å². The third kappa shape index (κ3) is 7.89. The molecule has 9 nitrogen and oxygen atoms in total. The number of nitrogens with zero attached hydrogens (tertiary/aromatic N) is 4. The third-order valence-corrected chi connectivity index (χ3v) is 9.13. The van der Waals surface area contributed by atoms with E-state index in [1.807, 2.05) is 42.6 Å². The van der Waals surface area contributed by atoms with Gasteiger partial charge in [0.15, 0.2) is 11.5 Å². The molecule has 47 heavy (non-hydrogen) atoms. The van der Waals surface area contributed by atoms with Crippen LogP contribution >= 0.6 is 0 Å². The van der Waals surface area contributed by atoms with Crippen molar-refractivity contribution in [2.75, 3.05) is 57.4 Å². The molecule has 0 amide bonds. The lowest BCUT2D eigenvalue weighted by molar-refractivity contribution is 0.171. The Morgan fingerprint density at radius 2 is 1.28 bits per heavy atom. The van der Waals surface area contributed by atoms with Gasteiger partial charge in [-0.05, 0) is 99.1 Å². The van der Waals surface area contributed by atoms with E-state index in [-0.39, 0.29) is 0 Å². The largest absolute Gasteiger partial charge is 0.486 e. The van der Waals surface area contributed by atoms with Gasteiger partial charge in [0.1, 0.15) is 13.2 Å². The summed E-state index contributed by atoms with van der Waals surface area (Å²) in [6.07, 6.45) is 10.8. The van der Waals surface area contributed by atoms with Gasteiger partial charge in [0.2, 0.25) is 0 Å². The van der Waals surface area contributed by atoms with Gasteiger partial charge in [-0.3, -0.25) is 4.90 Å². The van der Waals surface area contributed by atoms with Crippen molar-refractivity contribution in [3.63, 3.8) is 0 Å². The minimum Gasteiger partial charge on any atom is -0.486 e. The lowest BCUT2D eigenvalue weighted by Gasteiger charge is -2.36. The number of aromatic nitrogens is 2. The average Bonchev–Trinajstić information content (AvgIpc) is 3.73. The molecule has 0 radical (unpaired) electrons. The smallest absolute Gasteiger partial charge is 0.163 e. The molecule has 0 saturated carbocycles. The monoisotopic (exact) mass is 629 g/mol. The van der Waals surface area contributed by atoms with E-state index in [4.69, 9.17) is 25.7 Å². The first-order valence-corrected chi connectivity index (χ1v) is 16.7. The van der Waals surface area contributed by atoms with Crippen LogP contribution in [0.25, 0.3) is 21.8 Å². The van der Waals surface area contributed by atoms with Crippen molar-refractivity contribution in [2.24, 2.45) is 5.73 Å². The Hall–Kier alpha value is -4.96. The van der Waals surface area contributed by atoms with Crippen molar-refractivity contribution in [2.45, 2.75) is 38.5 Å². The zero-order valence-electron chi connectivity index (χ0n) is 26.9. The number of rotatable bonds is 10. The van der Waals surface area contributed by atoms with Crippen LogP contribution in [-0.4, -0.2) is 67.4 Å². The summed E-state index contributed by atoms with van der Waals surface area (Å²) in [5, 5.41) is 20.3. The maximum absolute atomic E-state index is 9.05. The number of hydrogen-bond donors (Lipinski definition) is 3. The summed E-state index contributed by atoms with van der Waals surface area (Å²) in [5.74, 6) is 1.72. The molecule has 0 spiro atoms. The summed E-state index contributed by atoms with van der Waals surface area (Å²) in [6, 6.07) is 22.3. The predicted molar refractivity (Wildman–Crippen MR) is 187 cm³/mol. The number of aromatic amines is 2. The molecular weight excluding hydrogens is 586 g/mol. The summed E-state index contributed by atoms with van der Waals surface area (Å²) < 4.78 is 11.4. The van der Waals surface area contributed by atoms with E-state index in [9.17, 15) is 0 Å². The molecule has 1 saturated heterocycles. The van der Waals surface area contributed by atoms with Crippen LogP contribution in [0.5, 0.6) is 11.5 Å². The molecule has 9 heteroatoms. The minimum absolute atomic E-state index is 0.629. The average molecular weight is 630 g/mol. The number of nitrogens with one attached hydrogen (secondary N) is 2. The van der Waals surface area contributed by atoms with Crippen LogP contribution in [-0.2, 0) is 12.8 Å². The standard InChI is InChI=1S/C25H28N4O2.C13H15N3/c26-17-19-4-6-22-20(18-27-23(22)15-19)3-1-2-8-28-9-11-29(12-10-28)21-5-7-24-25(16-21)31-14-13-30-24;14-6-2-1-3-11-9-16-13-7-10(8-15)4-5-12(11)13/h4-7,15-16,18,27H,1-3,8-14H2;4-5,7,9,16H,1-3,6,14H2. The molecule has 3 aromatic carbocycles. The van der Waals surface area contributed by atoms with Gasteiger partial charge in [-0.1, -0.05) is 12.1 Å². The van der Waals surface area contributed by atoms with Crippen LogP contribution in [0.4, 0.5) is 5.69 Å². The molecule has 4 N–H and O–H groups in total. The predicted octanol–water partition coefficient (Wildman–Crippen LogP) is 6.28. The number of piperazine rings is 1. The normalized spacial score (nSPS) is 14.4. The maximum atomic E-state index is 9.05. The minimum atomic E-state index is 0.629. The molecule has 0 unspecified atom stereocenters. The Morgan fingerprint density at radius 3 is 1.87 bits per heavy atom. The van der Waals surface area contributed by atoms with E-state index in [2.05, 4.69) is 56.3 Å². The lowest BCUT2D eigenvalue weighted by atomic mass is 10.1. The summed E-state index contributed by atoms with van der Waals surface area (Å²) in [5.41, 5.74) is 12.9. The van der Waals surface area contributed by atoms with E-state index in [0.717, 1.165) is 87.5 Å². The second-order valence-corrected chi connectivity index (χ2v) is 12.2. The number of fused-ring (bicyclic) bond motifs is 3. The molecule has 2 aromatic heterocycles. The van der Waals surface area contributed by atoms with Gasteiger partial charge in [0, 0.05) is 72.1 Å². The molecule has 1 fully saturated rings. The molecule has 242 valence electrons. The molecule has 2 aliphatic rings. The first-order chi connectivity index (χ1) is 23.1. The van der Waals surface area contributed by atoms with Crippen molar-refractivity contribution < 1.29 is 9.47 Å². The first-order valence-electron chi connectivity index (χ1n) is 16.7. The molecule has 2 aliphatic heterocycles. The van der Waals surface area contributed by atoms with Gasteiger partial charge in [-0.15, -0.1) is 0 Å². The van der Waals surface area contributed by atoms with Crippen molar-refractivity contribution in [3.8, 4) is 23.6 Å². The molecular formula is C38H43N7O2. The molecule has 0 atom stereocenters. The fourth-order valence-corrected chi connectivity index (χ4v) is 6.49. The van der Waals surface area contributed by atoms with Crippen molar-refractivity contribution >= 4 is 27.5 Å². The fourth-order valence-electron chi connectivity index (χ4n) is 6.49. The fraction of sp³-hybridized carbons (Fsp3) is 0.368. The molecule has 0 aliphatic carbocycles. The quantitative estimate of drug-likeness (QED) is 0.155. The topological polar surface area (TPSA) is 130 Å². The first kappa shape index (κ1) is 32.0. The highest BCUT2D eigenvalue weighted by atomic mass is 16.6. The second kappa shape index (κ2) is 15.6. The number of nitriles is 2. The number of nitrogens with two attached hydrogens (primary N) is 1. The van der Waals surface area contributed by atoms with Crippen molar-refractivity contribution in [1.82, 2.24) is 14.9 Å². The Morgan fingerprint density at radius 1 is 0.681 bits per heavy atom. The highest BCUT2D eigenvalue weighted by Crippen LogP contribution is 2.34. The van der Waals surface area contributed by atoms with Crippen LogP contribution in [0.1, 0.15) is 47.9 Å². The zero-order chi connectivity index (χ0) is 32.4. The van der Waals surface area contributed by atoms with E-state index < -0.39 is 0 Å². The van der Waals surface area contributed by atoms with Crippen LogP contribution in [0, 0.1) is 22.7 Å². The number of aryl methyl sites for hydroxylation is 2. The number of unbranched alkanes of at least 4 members (excludes halogenated alkanes) is 2. The van der Waals surface area contributed by atoms with Gasteiger partial charge in [-0.2, -0.15) is 10.5 Å². The molecule has 0 bridgehead atoms. The van der Waals surface area contributed by atoms with Crippen LogP contribution in [0.2, 0.25) is 0 Å². The maximum Gasteiger partial charge on any atom is 0.163 e. The summed E-state index contributed by atoms with van der Waals surface area (Å²) >= 11 is 0. The van der Waals surface area contributed by atoms with Gasteiger partial charge in [-0.25, -0.2) is 0 Å². The number of anilines is 1. The lowest BCUT2D eigenvalue weighted by Crippen LogP contribution is -2.46. The summed E-state index contributed by atoms with van der Waals surface area (Å²) in [6.45, 7) is 7.44. The van der Waals surface area contributed by atoms with Gasteiger partial charge in [0.05, 0.1) is 23.3 Å².